The number of hydrogen-bond acceptors (Lipinski definition) is 5. The smallest absolute Gasteiger partial charge is 0.418 e. The molecule has 212 valence electrons. The van der Waals surface area contributed by atoms with Gasteiger partial charge in [0.1, 0.15) is 24.2 Å². The van der Waals surface area contributed by atoms with Gasteiger partial charge < -0.3 is 24.8 Å². The number of benzene rings is 3. The molecule has 1 aliphatic rings. The molecule has 7 nitrogen and oxygen atoms in total. The van der Waals surface area contributed by atoms with Gasteiger partial charge in [-0.15, -0.1) is 0 Å². The van der Waals surface area contributed by atoms with Crippen LogP contribution in [0.4, 0.5) is 24.5 Å². The third-order valence-corrected chi connectivity index (χ3v) is 6.95. The number of halogens is 3. The zero-order valence-corrected chi connectivity index (χ0v) is 22.6. The number of carboxylic acid groups (broad SMARTS) is 1. The average molecular weight is 557 g/mol. The fraction of sp³-hybridized carbons (Fsp3) is 0.333. The van der Waals surface area contributed by atoms with E-state index in [0.29, 0.717) is 29.8 Å². The van der Waals surface area contributed by atoms with Crippen LogP contribution < -0.4 is 19.7 Å². The Morgan fingerprint density at radius 2 is 1.90 bits per heavy atom. The third kappa shape index (κ3) is 6.16. The molecule has 4 rings (SSSR count). The van der Waals surface area contributed by atoms with E-state index in [1.165, 1.54) is 6.92 Å². The maximum Gasteiger partial charge on any atom is 0.418 e. The number of carboxylic acids is 1. The zero-order chi connectivity index (χ0) is 29.2. The Morgan fingerprint density at radius 1 is 1.18 bits per heavy atom. The van der Waals surface area contributed by atoms with Gasteiger partial charge in [0.15, 0.2) is 0 Å². The molecule has 1 unspecified atom stereocenters. The molecule has 1 heterocycles. The summed E-state index contributed by atoms with van der Waals surface area (Å²) in [6.45, 7) is 5.77. The zero-order valence-electron chi connectivity index (χ0n) is 22.6. The Hall–Kier alpha value is -4.21. The molecule has 0 radical (unpaired) electrons. The highest BCUT2D eigenvalue weighted by atomic mass is 19.4. The number of ether oxygens (including phenoxy) is 2. The summed E-state index contributed by atoms with van der Waals surface area (Å²) in [5, 5.41) is 11.7. The largest absolute Gasteiger partial charge is 0.490 e. The first-order valence-electron chi connectivity index (χ1n) is 12.9. The van der Waals surface area contributed by atoms with Gasteiger partial charge in [0.25, 0.3) is 5.91 Å². The summed E-state index contributed by atoms with van der Waals surface area (Å²) in [7, 11) is 1.98. The fourth-order valence-corrected chi connectivity index (χ4v) is 4.79. The second-order valence-corrected chi connectivity index (χ2v) is 9.84. The van der Waals surface area contributed by atoms with Crippen LogP contribution >= 0.6 is 0 Å². The lowest BCUT2D eigenvalue weighted by Crippen LogP contribution is -2.41. The first-order chi connectivity index (χ1) is 18.9. The molecule has 3 aromatic carbocycles. The number of nitrogens with zero attached hydrogens (tertiary/aromatic N) is 1. The first kappa shape index (κ1) is 28.8. The minimum absolute atomic E-state index is 0.144. The van der Waals surface area contributed by atoms with E-state index in [4.69, 9.17) is 9.47 Å². The van der Waals surface area contributed by atoms with Crippen LogP contribution in [0.3, 0.4) is 0 Å². The van der Waals surface area contributed by atoms with Crippen LogP contribution in [-0.4, -0.2) is 43.3 Å². The summed E-state index contributed by atoms with van der Waals surface area (Å²) in [5.41, 5.74) is 0.952. The first-order valence-corrected chi connectivity index (χ1v) is 12.9. The molecule has 40 heavy (non-hydrogen) atoms. The third-order valence-electron chi connectivity index (χ3n) is 6.95. The number of rotatable bonds is 8. The van der Waals surface area contributed by atoms with Gasteiger partial charge in [-0.2, -0.15) is 13.2 Å². The number of para-hydroxylation sites is 2. The molecule has 0 spiro atoms. The Bertz CT molecular complexity index is 1420. The minimum atomic E-state index is -4.75. The summed E-state index contributed by atoms with van der Waals surface area (Å²) >= 11 is 0. The number of alkyl halides is 3. The second-order valence-electron chi connectivity index (χ2n) is 9.84. The Balaban J connectivity index is 1.55. The number of anilines is 2. The maximum atomic E-state index is 13.7. The number of aliphatic carboxylic acids is 1. The maximum absolute atomic E-state index is 13.7. The lowest BCUT2D eigenvalue weighted by Gasteiger charge is -2.33. The molecular weight excluding hydrogens is 525 g/mol. The number of amides is 1. The van der Waals surface area contributed by atoms with Crippen molar-refractivity contribution in [3.63, 3.8) is 0 Å². The van der Waals surface area contributed by atoms with Crippen molar-refractivity contribution in [2.45, 2.75) is 45.4 Å². The van der Waals surface area contributed by atoms with Crippen molar-refractivity contribution in [2.75, 3.05) is 30.4 Å². The van der Waals surface area contributed by atoms with Gasteiger partial charge in [-0.25, -0.2) is 0 Å². The van der Waals surface area contributed by atoms with Gasteiger partial charge in [-0.05, 0) is 73.4 Å². The van der Waals surface area contributed by atoms with Crippen LogP contribution in [0, 0.1) is 6.92 Å². The van der Waals surface area contributed by atoms with Crippen molar-refractivity contribution >= 4 is 23.3 Å². The van der Waals surface area contributed by atoms with Crippen LogP contribution in [0.5, 0.6) is 11.5 Å². The van der Waals surface area contributed by atoms with E-state index in [-0.39, 0.29) is 23.8 Å². The number of fused-ring (bicyclic) bond motifs is 1. The molecular formula is C30H31F3N2O5. The van der Waals surface area contributed by atoms with Crippen LogP contribution in [-0.2, 0) is 17.4 Å². The lowest BCUT2D eigenvalue weighted by molar-refractivity contribution is -0.138. The molecule has 2 N–H and O–H groups in total. The van der Waals surface area contributed by atoms with Gasteiger partial charge in [0.05, 0.1) is 29.4 Å². The normalized spacial score (nSPS) is 15.6. The van der Waals surface area contributed by atoms with Crippen LogP contribution in [0.2, 0.25) is 0 Å². The van der Waals surface area contributed by atoms with Gasteiger partial charge in [0, 0.05) is 12.6 Å². The average Bonchev–Trinajstić information content (AvgIpc) is 2.90. The van der Waals surface area contributed by atoms with Crippen molar-refractivity contribution in [3.05, 3.63) is 82.4 Å². The summed E-state index contributed by atoms with van der Waals surface area (Å²) in [5.74, 6) is -1.68. The molecule has 0 aliphatic carbocycles. The number of likely N-dealkylation sites (N-methyl/N-ethyl adjacent to an activating group) is 1. The highest BCUT2D eigenvalue weighted by Crippen LogP contribution is 2.37. The summed E-state index contributed by atoms with van der Waals surface area (Å²) < 4.78 is 53.2. The van der Waals surface area contributed by atoms with Gasteiger partial charge >= 0.3 is 12.1 Å². The highest BCUT2D eigenvalue weighted by Gasteiger charge is 2.35. The summed E-state index contributed by atoms with van der Waals surface area (Å²) in [6.07, 6.45) is -4.54. The van der Waals surface area contributed by atoms with Crippen LogP contribution in [0.15, 0.2) is 54.6 Å². The van der Waals surface area contributed by atoms with E-state index in [0.717, 1.165) is 29.6 Å². The number of aryl methyl sites for hydroxylation is 2. The van der Waals surface area contributed by atoms with Crippen molar-refractivity contribution in [2.24, 2.45) is 0 Å². The van der Waals surface area contributed by atoms with E-state index in [2.05, 4.69) is 10.2 Å². The van der Waals surface area contributed by atoms with Crippen molar-refractivity contribution in [3.8, 4) is 11.5 Å². The Kier molecular flexibility index (Phi) is 8.27. The van der Waals surface area contributed by atoms with Crippen molar-refractivity contribution in [1.82, 2.24) is 0 Å². The van der Waals surface area contributed by atoms with Crippen molar-refractivity contribution in [1.29, 1.82) is 0 Å². The van der Waals surface area contributed by atoms with E-state index in [1.54, 1.807) is 19.1 Å². The summed E-state index contributed by atoms with van der Waals surface area (Å²) in [4.78, 5) is 26.8. The second kappa shape index (κ2) is 11.5. The Morgan fingerprint density at radius 3 is 2.58 bits per heavy atom. The molecule has 0 fully saturated rings. The standard InChI is InChI=1S/C30H31F3N2O5/c1-5-19-13-21(39-16-22-15-35(4)25-8-6-7-9-26(25)40-22)12-17(2)27(19)28(36)34-24-14-20(18(3)29(37)38)10-11-23(24)30(31,32)33/h6-14,18,22H,5,15-16H2,1-4H3,(H,34,36)(H,37,38)/t18?,22-/m0/s1. The van der Waals surface area contributed by atoms with Crippen LogP contribution in [0.1, 0.15) is 52.4 Å². The predicted molar refractivity (Wildman–Crippen MR) is 146 cm³/mol. The van der Waals surface area contributed by atoms with Gasteiger partial charge in [-0.3, -0.25) is 9.59 Å². The number of carbonyl (C=O) groups excluding carboxylic acids is 1. The quantitative estimate of drug-likeness (QED) is 0.339. The Labute approximate surface area is 230 Å². The molecule has 0 aromatic heterocycles. The molecule has 1 aliphatic heterocycles. The van der Waals surface area contributed by atoms with Crippen molar-refractivity contribution < 1.29 is 37.3 Å². The van der Waals surface area contributed by atoms with Gasteiger partial charge in [-0.1, -0.05) is 25.1 Å². The number of hydrogen-bond donors (Lipinski definition) is 2. The SMILES string of the molecule is CCc1cc(OC[C@@H]2CN(C)c3ccccc3O2)cc(C)c1C(=O)Nc1cc(C(C)C(=O)O)ccc1C(F)(F)F. The molecule has 1 amide bonds. The number of carbonyl (C=O) groups is 2. The van der Waals surface area contributed by atoms with E-state index in [1.807, 2.05) is 38.2 Å². The monoisotopic (exact) mass is 556 g/mol. The highest BCUT2D eigenvalue weighted by molar-refractivity contribution is 6.07. The van der Waals surface area contributed by atoms with Gasteiger partial charge in [0.2, 0.25) is 0 Å². The number of nitrogens with one attached hydrogen (secondary N) is 1. The van der Waals surface area contributed by atoms with E-state index >= 15 is 0 Å². The van der Waals surface area contributed by atoms with E-state index in [9.17, 15) is 27.9 Å². The lowest BCUT2D eigenvalue weighted by atomic mass is 9.96. The molecule has 10 heteroatoms. The predicted octanol–water partition coefficient (Wildman–Crippen LogP) is 6.29. The molecule has 2 atom stereocenters. The molecule has 0 saturated heterocycles. The minimum Gasteiger partial charge on any atom is -0.490 e. The molecule has 0 bridgehead atoms. The van der Waals surface area contributed by atoms with Crippen LogP contribution in [0.25, 0.3) is 0 Å². The molecule has 3 aromatic rings. The van der Waals surface area contributed by atoms with E-state index < -0.39 is 35.2 Å². The summed E-state index contributed by atoms with van der Waals surface area (Å²) in [6, 6.07) is 14.1. The fourth-order valence-electron chi connectivity index (χ4n) is 4.79. The molecule has 0 saturated carbocycles. The topological polar surface area (TPSA) is 88.1 Å².